The van der Waals surface area contributed by atoms with Crippen molar-refractivity contribution in [2.24, 2.45) is 0 Å². The summed E-state index contributed by atoms with van der Waals surface area (Å²) < 4.78 is 18.6. The first-order valence-electron chi connectivity index (χ1n) is 14.3. The van der Waals surface area contributed by atoms with Gasteiger partial charge in [0, 0.05) is 34.7 Å². The molecule has 0 aliphatic carbocycles. The first-order chi connectivity index (χ1) is 21.1. The molecule has 0 saturated heterocycles. The van der Waals surface area contributed by atoms with Crippen LogP contribution in [0, 0.1) is 0 Å². The summed E-state index contributed by atoms with van der Waals surface area (Å²) in [6, 6.07) is 35.0. The van der Waals surface area contributed by atoms with Gasteiger partial charge in [-0.2, -0.15) is 0 Å². The lowest BCUT2D eigenvalue weighted by molar-refractivity contribution is 0.166. The zero-order chi connectivity index (χ0) is 29.5. The molecular weight excluding hydrogens is 538 g/mol. The van der Waals surface area contributed by atoms with E-state index in [1.54, 1.807) is 38.5 Å². The summed E-state index contributed by atoms with van der Waals surface area (Å²) in [5.74, 6) is 2.19. The molecule has 0 saturated carbocycles. The van der Waals surface area contributed by atoms with Crippen molar-refractivity contribution in [3.8, 4) is 51.1 Å². The van der Waals surface area contributed by atoms with Crippen molar-refractivity contribution in [2.45, 2.75) is 18.4 Å². The summed E-state index contributed by atoms with van der Waals surface area (Å²) in [6.07, 6.45) is 0.291. The first-order valence-corrected chi connectivity index (χ1v) is 14.3. The molecule has 3 N–H and O–H groups in total. The maximum absolute atomic E-state index is 10.4. The van der Waals surface area contributed by atoms with Crippen molar-refractivity contribution >= 4 is 10.9 Å². The molecule has 0 radical (unpaired) electrons. The lowest BCUT2D eigenvalue weighted by Gasteiger charge is -2.34. The number of aromatic amines is 1. The SMILES string of the molecule is COc1cc(OC)c2c(-c3ccccc3)c(-c3ccccc3)[nH]c2c1[C@@H]1C[C@@H](c2ccc(O)cc2)Oc2cc(O)ccc21. The maximum atomic E-state index is 10.4. The second-order valence-corrected chi connectivity index (χ2v) is 10.8. The van der Waals surface area contributed by atoms with Crippen molar-refractivity contribution in [1.82, 2.24) is 4.98 Å². The quantitative estimate of drug-likeness (QED) is 0.187. The molecule has 214 valence electrons. The second-order valence-electron chi connectivity index (χ2n) is 10.8. The number of aromatic hydroxyl groups is 2. The number of phenolic OH excluding ortho intramolecular Hbond substituents is 2. The van der Waals surface area contributed by atoms with E-state index in [9.17, 15) is 10.2 Å². The zero-order valence-corrected chi connectivity index (χ0v) is 23.9. The van der Waals surface area contributed by atoms with Gasteiger partial charge in [0.25, 0.3) is 0 Å². The number of ether oxygens (including phenoxy) is 3. The van der Waals surface area contributed by atoms with Gasteiger partial charge in [0.05, 0.1) is 30.8 Å². The molecule has 0 unspecified atom stereocenters. The van der Waals surface area contributed by atoms with E-state index in [1.165, 1.54) is 0 Å². The van der Waals surface area contributed by atoms with Crippen molar-refractivity contribution in [1.29, 1.82) is 0 Å². The largest absolute Gasteiger partial charge is 0.508 e. The van der Waals surface area contributed by atoms with E-state index in [0.29, 0.717) is 23.7 Å². The van der Waals surface area contributed by atoms with Crippen molar-refractivity contribution in [3.05, 3.63) is 126 Å². The maximum Gasteiger partial charge on any atom is 0.132 e. The number of nitrogens with one attached hydrogen (secondary N) is 1. The Balaban J connectivity index is 1.53. The predicted molar refractivity (Wildman–Crippen MR) is 168 cm³/mol. The highest BCUT2D eigenvalue weighted by molar-refractivity contribution is 6.09. The van der Waals surface area contributed by atoms with E-state index in [4.69, 9.17) is 14.2 Å². The number of H-pyrrole nitrogens is 1. The van der Waals surface area contributed by atoms with Crippen LogP contribution in [0.4, 0.5) is 0 Å². The molecule has 6 nitrogen and oxygen atoms in total. The van der Waals surface area contributed by atoms with Crippen molar-refractivity contribution < 1.29 is 24.4 Å². The standard InChI is InChI=1S/C37H31NO5/c1-41-31-21-32(42-2)35-33(23-9-5-3-6-10-23)36(24-11-7-4-8-12-24)38-37(35)34(31)28-20-29(22-13-15-25(39)16-14-22)43-30-19-26(40)17-18-27(28)30/h3-19,21,28-29,38-40H,20H2,1-2H3/t28-,29+/m1/s1. The summed E-state index contributed by atoms with van der Waals surface area (Å²) in [4.78, 5) is 3.82. The van der Waals surface area contributed by atoms with Crippen molar-refractivity contribution in [3.63, 3.8) is 0 Å². The van der Waals surface area contributed by atoms with Crippen LogP contribution in [-0.4, -0.2) is 29.4 Å². The van der Waals surface area contributed by atoms with Gasteiger partial charge in [-0.3, -0.25) is 0 Å². The molecule has 43 heavy (non-hydrogen) atoms. The average molecular weight is 570 g/mol. The van der Waals surface area contributed by atoms with Gasteiger partial charge < -0.3 is 29.4 Å². The first kappa shape index (κ1) is 26.5. The van der Waals surface area contributed by atoms with E-state index < -0.39 is 0 Å². The molecule has 5 aromatic carbocycles. The number of rotatable bonds is 6. The molecule has 2 atom stereocenters. The molecule has 2 heterocycles. The Hall–Kier alpha value is -5.36. The predicted octanol–water partition coefficient (Wildman–Crippen LogP) is 8.59. The molecule has 0 spiro atoms. The fourth-order valence-corrected chi connectivity index (χ4v) is 6.35. The highest BCUT2D eigenvalue weighted by Crippen LogP contribution is 2.54. The van der Waals surface area contributed by atoms with Crippen LogP contribution in [0.3, 0.4) is 0 Å². The minimum atomic E-state index is -0.320. The number of fused-ring (bicyclic) bond motifs is 2. The normalized spacial score (nSPS) is 16.0. The monoisotopic (exact) mass is 569 g/mol. The third-order valence-electron chi connectivity index (χ3n) is 8.31. The van der Waals surface area contributed by atoms with Crippen LogP contribution in [-0.2, 0) is 0 Å². The van der Waals surface area contributed by atoms with Crippen LogP contribution in [0.25, 0.3) is 33.3 Å². The number of phenols is 2. The molecule has 6 aromatic rings. The third kappa shape index (κ3) is 4.61. The number of aromatic nitrogens is 1. The Labute approximate surface area is 249 Å². The fraction of sp³-hybridized carbons (Fsp3) is 0.135. The minimum Gasteiger partial charge on any atom is -0.508 e. The molecular formula is C37H31NO5. The number of methoxy groups -OCH3 is 2. The second kappa shape index (κ2) is 10.8. The Bertz CT molecular complexity index is 1910. The third-order valence-corrected chi connectivity index (χ3v) is 8.31. The molecule has 0 bridgehead atoms. The van der Waals surface area contributed by atoms with Gasteiger partial charge in [0.1, 0.15) is 34.9 Å². The Morgan fingerprint density at radius 3 is 2.05 bits per heavy atom. The number of hydrogen-bond acceptors (Lipinski definition) is 5. The van der Waals surface area contributed by atoms with Crippen LogP contribution in [0.1, 0.15) is 35.1 Å². The van der Waals surface area contributed by atoms with Gasteiger partial charge in [-0.15, -0.1) is 0 Å². The highest BCUT2D eigenvalue weighted by Gasteiger charge is 2.35. The molecule has 1 aliphatic heterocycles. The van der Waals surface area contributed by atoms with E-state index in [-0.39, 0.29) is 23.5 Å². The number of benzene rings is 5. The van der Waals surface area contributed by atoms with E-state index in [1.807, 2.05) is 60.7 Å². The zero-order valence-electron chi connectivity index (χ0n) is 23.9. The lowest BCUT2D eigenvalue weighted by Crippen LogP contribution is -2.20. The summed E-state index contributed by atoms with van der Waals surface area (Å²) >= 11 is 0. The van der Waals surface area contributed by atoms with Crippen molar-refractivity contribution in [2.75, 3.05) is 14.2 Å². The average Bonchev–Trinajstić information content (AvgIpc) is 3.45. The minimum absolute atomic E-state index is 0.133. The van der Waals surface area contributed by atoms with Gasteiger partial charge in [-0.05, 0) is 41.3 Å². The summed E-state index contributed by atoms with van der Waals surface area (Å²) in [6.45, 7) is 0. The molecule has 0 fully saturated rings. The lowest BCUT2D eigenvalue weighted by atomic mass is 9.81. The highest BCUT2D eigenvalue weighted by atomic mass is 16.5. The smallest absolute Gasteiger partial charge is 0.132 e. The Morgan fingerprint density at radius 1 is 0.721 bits per heavy atom. The summed E-state index contributed by atoms with van der Waals surface area (Å²) in [7, 11) is 3.36. The summed E-state index contributed by atoms with van der Waals surface area (Å²) in [5, 5.41) is 21.3. The Kier molecular flexibility index (Phi) is 6.67. The van der Waals surface area contributed by atoms with Gasteiger partial charge in [-0.25, -0.2) is 0 Å². The Morgan fingerprint density at radius 2 is 1.37 bits per heavy atom. The molecule has 7 rings (SSSR count). The van der Waals surface area contributed by atoms with Gasteiger partial charge >= 0.3 is 0 Å². The fourth-order valence-electron chi connectivity index (χ4n) is 6.35. The summed E-state index contributed by atoms with van der Waals surface area (Å²) in [5.41, 5.74) is 7.96. The van der Waals surface area contributed by atoms with E-state index >= 15 is 0 Å². The van der Waals surface area contributed by atoms with Gasteiger partial charge in [0.15, 0.2) is 0 Å². The van der Waals surface area contributed by atoms with E-state index in [2.05, 4.69) is 29.2 Å². The van der Waals surface area contributed by atoms with Gasteiger partial charge in [-0.1, -0.05) is 78.9 Å². The number of hydrogen-bond donors (Lipinski definition) is 3. The van der Waals surface area contributed by atoms with Crippen LogP contribution in [0.5, 0.6) is 28.7 Å². The molecule has 1 aliphatic rings. The van der Waals surface area contributed by atoms with Gasteiger partial charge in [0.2, 0.25) is 0 Å². The van der Waals surface area contributed by atoms with Crippen LogP contribution in [0.2, 0.25) is 0 Å². The molecule has 0 amide bonds. The van der Waals surface area contributed by atoms with Crippen LogP contribution in [0.15, 0.2) is 109 Å². The molecule has 6 heteroatoms. The molecule has 1 aromatic heterocycles. The van der Waals surface area contributed by atoms with Crippen LogP contribution >= 0.6 is 0 Å². The van der Waals surface area contributed by atoms with E-state index in [0.717, 1.165) is 50.0 Å². The van der Waals surface area contributed by atoms with Crippen LogP contribution < -0.4 is 14.2 Å². The topological polar surface area (TPSA) is 83.9 Å².